The number of rotatable bonds is 6. The standard InChI is InChI=1S/C20H22Cl2N2O3/c1-12(17-10-7-15(21)11-18(17)22)23-19(25)13(2)27-20(26)14-5-8-16(9-6-14)24(3)4/h5-13H,1-4H3,(H,23,25)/t12-,13+/m0/s1. The van der Waals surface area contributed by atoms with Crippen LogP contribution in [0.4, 0.5) is 5.69 Å². The summed E-state index contributed by atoms with van der Waals surface area (Å²) in [5.41, 5.74) is 2.08. The summed E-state index contributed by atoms with van der Waals surface area (Å²) in [6.45, 7) is 3.32. The van der Waals surface area contributed by atoms with Gasteiger partial charge in [0.25, 0.3) is 5.91 Å². The van der Waals surface area contributed by atoms with Crippen LogP contribution in [-0.2, 0) is 9.53 Å². The van der Waals surface area contributed by atoms with Crippen LogP contribution < -0.4 is 10.2 Å². The lowest BCUT2D eigenvalue weighted by Crippen LogP contribution is -2.37. The van der Waals surface area contributed by atoms with Crippen LogP contribution in [0.3, 0.4) is 0 Å². The lowest BCUT2D eigenvalue weighted by atomic mass is 10.1. The molecule has 2 rings (SSSR count). The molecular formula is C20H22Cl2N2O3. The molecule has 0 aliphatic rings. The second-order valence-electron chi connectivity index (χ2n) is 6.38. The van der Waals surface area contributed by atoms with E-state index >= 15 is 0 Å². The Morgan fingerprint density at radius 1 is 1.04 bits per heavy atom. The van der Waals surface area contributed by atoms with Crippen molar-refractivity contribution in [2.45, 2.75) is 26.0 Å². The molecule has 2 atom stereocenters. The maximum absolute atomic E-state index is 12.4. The fraction of sp³-hybridized carbons (Fsp3) is 0.300. The zero-order chi connectivity index (χ0) is 20.1. The second-order valence-corrected chi connectivity index (χ2v) is 7.23. The van der Waals surface area contributed by atoms with Gasteiger partial charge in [0, 0.05) is 29.8 Å². The molecule has 2 aromatic carbocycles. The first-order chi connectivity index (χ1) is 12.7. The fourth-order valence-electron chi connectivity index (χ4n) is 2.44. The van der Waals surface area contributed by atoms with Crippen LogP contribution in [0.1, 0.15) is 35.8 Å². The third kappa shape index (κ3) is 5.62. The highest BCUT2D eigenvalue weighted by atomic mass is 35.5. The SMILES string of the molecule is C[C@H](NC(=O)[C@@H](C)OC(=O)c1ccc(N(C)C)cc1)c1ccc(Cl)cc1Cl. The van der Waals surface area contributed by atoms with Gasteiger partial charge in [-0.2, -0.15) is 0 Å². The Morgan fingerprint density at radius 3 is 2.22 bits per heavy atom. The van der Waals surface area contributed by atoms with E-state index in [4.69, 9.17) is 27.9 Å². The molecule has 1 amide bonds. The van der Waals surface area contributed by atoms with Crippen molar-refractivity contribution >= 4 is 40.8 Å². The predicted molar refractivity (Wildman–Crippen MR) is 109 cm³/mol. The molecule has 0 aliphatic heterocycles. The third-order valence-electron chi connectivity index (χ3n) is 4.06. The van der Waals surface area contributed by atoms with Crippen molar-refractivity contribution in [1.82, 2.24) is 5.32 Å². The number of carbonyl (C=O) groups excluding carboxylic acids is 2. The summed E-state index contributed by atoms with van der Waals surface area (Å²) in [6.07, 6.45) is -0.945. The normalized spacial score (nSPS) is 12.8. The van der Waals surface area contributed by atoms with Crippen LogP contribution >= 0.6 is 23.2 Å². The number of hydrogen-bond acceptors (Lipinski definition) is 4. The molecule has 0 saturated carbocycles. The minimum Gasteiger partial charge on any atom is -0.449 e. The topological polar surface area (TPSA) is 58.6 Å². The molecule has 0 spiro atoms. The molecule has 0 aliphatic carbocycles. The van der Waals surface area contributed by atoms with Crippen LogP contribution in [-0.4, -0.2) is 32.1 Å². The summed E-state index contributed by atoms with van der Waals surface area (Å²) in [6, 6.07) is 11.7. The van der Waals surface area contributed by atoms with Crippen molar-refractivity contribution < 1.29 is 14.3 Å². The first-order valence-electron chi connectivity index (χ1n) is 8.42. The Kier molecular flexibility index (Phi) is 7.11. The van der Waals surface area contributed by atoms with E-state index < -0.39 is 18.0 Å². The van der Waals surface area contributed by atoms with Crippen LogP contribution in [0.2, 0.25) is 10.0 Å². The number of hydrogen-bond donors (Lipinski definition) is 1. The Bertz CT molecular complexity index is 822. The van der Waals surface area contributed by atoms with Gasteiger partial charge in [0.1, 0.15) is 0 Å². The molecule has 2 aromatic rings. The Hall–Kier alpha value is -2.24. The molecule has 27 heavy (non-hydrogen) atoms. The van der Waals surface area contributed by atoms with Gasteiger partial charge in [-0.3, -0.25) is 4.79 Å². The van der Waals surface area contributed by atoms with E-state index in [9.17, 15) is 9.59 Å². The maximum atomic E-state index is 12.4. The molecule has 0 radical (unpaired) electrons. The molecule has 1 N–H and O–H groups in total. The average molecular weight is 409 g/mol. The minimum atomic E-state index is -0.945. The van der Waals surface area contributed by atoms with Crippen molar-refractivity contribution in [1.29, 1.82) is 0 Å². The molecule has 144 valence electrons. The van der Waals surface area contributed by atoms with Gasteiger partial charge in [-0.15, -0.1) is 0 Å². The zero-order valence-electron chi connectivity index (χ0n) is 15.6. The fourth-order valence-corrected chi connectivity index (χ4v) is 3.01. The summed E-state index contributed by atoms with van der Waals surface area (Å²) in [5, 5.41) is 3.76. The largest absolute Gasteiger partial charge is 0.449 e. The number of benzene rings is 2. The molecular weight excluding hydrogens is 387 g/mol. The van der Waals surface area contributed by atoms with E-state index in [1.807, 2.05) is 31.1 Å². The predicted octanol–water partition coefficient (Wildman–Crippen LogP) is 4.48. The molecule has 5 nitrogen and oxygen atoms in total. The van der Waals surface area contributed by atoms with Crippen molar-refractivity contribution in [3.8, 4) is 0 Å². The molecule has 0 fully saturated rings. The number of nitrogens with one attached hydrogen (secondary N) is 1. The number of anilines is 1. The first kappa shape index (κ1) is 21.1. The van der Waals surface area contributed by atoms with E-state index in [1.165, 1.54) is 6.92 Å². The number of esters is 1. The molecule has 0 bridgehead atoms. The van der Waals surface area contributed by atoms with Crippen LogP contribution in [0.15, 0.2) is 42.5 Å². The number of halogens is 2. The van der Waals surface area contributed by atoms with Gasteiger partial charge in [0.15, 0.2) is 6.10 Å². The van der Waals surface area contributed by atoms with Gasteiger partial charge >= 0.3 is 5.97 Å². The zero-order valence-corrected chi connectivity index (χ0v) is 17.1. The van der Waals surface area contributed by atoms with Crippen LogP contribution in [0.25, 0.3) is 0 Å². The quantitative estimate of drug-likeness (QED) is 0.715. The van der Waals surface area contributed by atoms with Crippen LogP contribution in [0, 0.1) is 0 Å². The molecule has 7 heteroatoms. The van der Waals surface area contributed by atoms with E-state index in [1.54, 1.807) is 37.3 Å². The molecule has 0 saturated heterocycles. The van der Waals surface area contributed by atoms with E-state index in [0.717, 1.165) is 11.3 Å². The summed E-state index contributed by atoms with van der Waals surface area (Å²) in [5.74, 6) is -0.966. The number of carbonyl (C=O) groups is 2. The maximum Gasteiger partial charge on any atom is 0.338 e. The lowest BCUT2D eigenvalue weighted by molar-refractivity contribution is -0.129. The monoisotopic (exact) mass is 408 g/mol. The van der Waals surface area contributed by atoms with Crippen molar-refractivity contribution in [3.05, 3.63) is 63.6 Å². The molecule has 0 aromatic heterocycles. The smallest absolute Gasteiger partial charge is 0.338 e. The summed E-state index contributed by atoms with van der Waals surface area (Å²) in [7, 11) is 3.82. The van der Waals surface area contributed by atoms with E-state index in [2.05, 4.69) is 5.32 Å². The molecule has 0 heterocycles. The highest BCUT2D eigenvalue weighted by Crippen LogP contribution is 2.26. The number of ether oxygens (including phenoxy) is 1. The Balaban J connectivity index is 1.97. The molecule has 0 unspecified atom stereocenters. The Morgan fingerprint density at radius 2 is 1.67 bits per heavy atom. The average Bonchev–Trinajstić information content (AvgIpc) is 2.61. The van der Waals surface area contributed by atoms with E-state index in [-0.39, 0.29) is 6.04 Å². The van der Waals surface area contributed by atoms with Crippen molar-refractivity contribution in [2.75, 3.05) is 19.0 Å². The lowest BCUT2D eigenvalue weighted by Gasteiger charge is -2.19. The van der Waals surface area contributed by atoms with Crippen molar-refractivity contribution in [2.24, 2.45) is 0 Å². The van der Waals surface area contributed by atoms with Gasteiger partial charge < -0.3 is 15.0 Å². The highest BCUT2D eigenvalue weighted by molar-refractivity contribution is 6.35. The third-order valence-corrected chi connectivity index (χ3v) is 4.62. The highest BCUT2D eigenvalue weighted by Gasteiger charge is 2.21. The van der Waals surface area contributed by atoms with Crippen LogP contribution in [0.5, 0.6) is 0 Å². The summed E-state index contributed by atoms with van der Waals surface area (Å²) < 4.78 is 5.27. The van der Waals surface area contributed by atoms with Gasteiger partial charge in [-0.25, -0.2) is 4.79 Å². The number of amides is 1. The van der Waals surface area contributed by atoms with Gasteiger partial charge in [-0.1, -0.05) is 29.3 Å². The number of nitrogens with zero attached hydrogens (tertiary/aromatic N) is 1. The van der Waals surface area contributed by atoms with Crippen molar-refractivity contribution in [3.63, 3.8) is 0 Å². The minimum absolute atomic E-state index is 0.359. The second kappa shape index (κ2) is 9.11. The van der Waals surface area contributed by atoms with Gasteiger partial charge in [0.05, 0.1) is 11.6 Å². The summed E-state index contributed by atoms with van der Waals surface area (Å²) in [4.78, 5) is 26.5. The van der Waals surface area contributed by atoms with Gasteiger partial charge in [-0.05, 0) is 55.8 Å². The van der Waals surface area contributed by atoms with Gasteiger partial charge in [0.2, 0.25) is 0 Å². The summed E-state index contributed by atoms with van der Waals surface area (Å²) >= 11 is 12.1. The van der Waals surface area contributed by atoms with E-state index in [0.29, 0.717) is 15.6 Å². The first-order valence-corrected chi connectivity index (χ1v) is 9.18. The Labute approximate surface area is 169 Å².